The average molecular weight is 234 g/mol. The Morgan fingerprint density at radius 2 is 2.12 bits per heavy atom. The average Bonchev–Trinajstić information content (AvgIpc) is 2.34. The number of rotatable bonds is 3. The van der Waals surface area contributed by atoms with Gasteiger partial charge in [-0.05, 0) is 37.2 Å². The summed E-state index contributed by atoms with van der Waals surface area (Å²) in [6, 6.07) is 4.52. The van der Waals surface area contributed by atoms with E-state index >= 15 is 0 Å². The number of aromatic nitrogens is 1. The molecule has 1 aromatic heterocycles. The van der Waals surface area contributed by atoms with Gasteiger partial charge in [0, 0.05) is 12.1 Å². The summed E-state index contributed by atoms with van der Waals surface area (Å²) < 4.78 is 5.06. The first-order valence-electron chi connectivity index (χ1n) is 6.45. The summed E-state index contributed by atoms with van der Waals surface area (Å²) >= 11 is 0. The van der Waals surface area contributed by atoms with E-state index in [0.717, 1.165) is 17.5 Å². The van der Waals surface area contributed by atoms with Crippen molar-refractivity contribution in [1.29, 1.82) is 0 Å². The van der Waals surface area contributed by atoms with Crippen molar-refractivity contribution in [3.63, 3.8) is 0 Å². The normalized spacial score (nSPS) is 28.8. The number of hydrogen-bond donors (Lipinski definition) is 1. The Labute approximate surface area is 104 Å². The molecule has 17 heavy (non-hydrogen) atoms. The molecule has 1 aromatic rings. The lowest BCUT2D eigenvalue weighted by Crippen LogP contribution is -2.32. The van der Waals surface area contributed by atoms with Gasteiger partial charge in [-0.15, -0.1) is 0 Å². The number of anilines is 1. The third-order valence-electron chi connectivity index (χ3n) is 3.73. The maximum absolute atomic E-state index is 5.06. The molecule has 0 aliphatic heterocycles. The van der Waals surface area contributed by atoms with Gasteiger partial charge in [-0.3, -0.25) is 0 Å². The molecule has 3 heteroatoms. The van der Waals surface area contributed by atoms with E-state index in [0.29, 0.717) is 11.9 Å². The minimum absolute atomic E-state index is 0.585. The molecule has 1 heterocycles. The van der Waals surface area contributed by atoms with Crippen LogP contribution in [-0.4, -0.2) is 18.1 Å². The monoisotopic (exact) mass is 234 g/mol. The van der Waals surface area contributed by atoms with Crippen molar-refractivity contribution in [3.8, 4) is 5.88 Å². The van der Waals surface area contributed by atoms with Crippen molar-refractivity contribution in [2.45, 2.75) is 39.2 Å². The van der Waals surface area contributed by atoms with Gasteiger partial charge in [0.05, 0.1) is 19.0 Å². The van der Waals surface area contributed by atoms with Crippen molar-refractivity contribution < 1.29 is 4.74 Å². The zero-order valence-corrected chi connectivity index (χ0v) is 10.9. The second-order valence-corrected chi connectivity index (χ2v) is 5.24. The summed E-state index contributed by atoms with van der Waals surface area (Å²) in [6.07, 6.45) is 5.75. The van der Waals surface area contributed by atoms with E-state index in [2.05, 4.69) is 24.1 Å². The van der Waals surface area contributed by atoms with E-state index < -0.39 is 0 Å². The minimum atomic E-state index is 0.585. The topological polar surface area (TPSA) is 34.1 Å². The summed E-state index contributed by atoms with van der Waals surface area (Å²) in [6.45, 7) is 4.69. The largest absolute Gasteiger partial charge is 0.481 e. The molecule has 0 spiro atoms. The third kappa shape index (κ3) is 3.11. The van der Waals surface area contributed by atoms with Gasteiger partial charge in [-0.25, -0.2) is 4.98 Å². The molecule has 0 saturated heterocycles. The second kappa shape index (κ2) is 5.39. The van der Waals surface area contributed by atoms with Crippen LogP contribution in [0.3, 0.4) is 0 Å². The van der Waals surface area contributed by atoms with Crippen LogP contribution in [0.2, 0.25) is 0 Å². The van der Waals surface area contributed by atoms with Gasteiger partial charge in [0.25, 0.3) is 0 Å². The van der Waals surface area contributed by atoms with Crippen molar-refractivity contribution in [3.05, 3.63) is 18.3 Å². The second-order valence-electron chi connectivity index (χ2n) is 5.24. The first-order valence-corrected chi connectivity index (χ1v) is 6.45. The molecule has 1 N–H and O–H groups in total. The highest BCUT2D eigenvalue weighted by atomic mass is 16.5. The molecule has 0 aromatic carbocycles. The molecule has 3 unspecified atom stereocenters. The smallest absolute Gasteiger partial charge is 0.213 e. The lowest BCUT2D eigenvalue weighted by Gasteiger charge is -2.33. The molecule has 94 valence electrons. The van der Waals surface area contributed by atoms with Crippen LogP contribution >= 0.6 is 0 Å². The number of pyridine rings is 1. The van der Waals surface area contributed by atoms with Crippen LogP contribution in [0, 0.1) is 11.8 Å². The Hall–Kier alpha value is -1.25. The number of nitrogens with one attached hydrogen (secondary N) is 1. The molecule has 1 aliphatic rings. The van der Waals surface area contributed by atoms with Crippen LogP contribution in [0.1, 0.15) is 33.1 Å². The van der Waals surface area contributed by atoms with Crippen LogP contribution in [0.15, 0.2) is 18.3 Å². The predicted octanol–water partition coefficient (Wildman–Crippen LogP) is 3.33. The molecule has 2 rings (SSSR count). The standard InChI is InChI=1S/C14H22N2O/c1-10-4-6-13(11(2)8-10)16-12-5-7-14(17-3)15-9-12/h5,7,9-11,13,16H,4,6,8H2,1-3H3. The molecular formula is C14H22N2O. The maximum atomic E-state index is 5.06. The zero-order chi connectivity index (χ0) is 12.3. The molecule has 1 saturated carbocycles. The molecule has 3 nitrogen and oxygen atoms in total. The molecule has 0 bridgehead atoms. The van der Waals surface area contributed by atoms with Crippen molar-refractivity contribution >= 4 is 5.69 Å². The molecular weight excluding hydrogens is 212 g/mol. The molecule has 0 radical (unpaired) electrons. The van der Waals surface area contributed by atoms with E-state index in [4.69, 9.17) is 4.74 Å². The summed E-state index contributed by atoms with van der Waals surface area (Å²) in [5.41, 5.74) is 1.09. The van der Waals surface area contributed by atoms with Crippen LogP contribution < -0.4 is 10.1 Å². The van der Waals surface area contributed by atoms with Gasteiger partial charge in [0.15, 0.2) is 0 Å². The summed E-state index contributed by atoms with van der Waals surface area (Å²) in [5, 5.41) is 3.58. The third-order valence-corrected chi connectivity index (χ3v) is 3.73. The fraction of sp³-hybridized carbons (Fsp3) is 0.643. The van der Waals surface area contributed by atoms with E-state index in [1.54, 1.807) is 7.11 Å². The number of nitrogens with zero attached hydrogens (tertiary/aromatic N) is 1. The van der Waals surface area contributed by atoms with Gasteiger partial charge < -0.3 is 10.1 Å². The number of ether oxygens (including phenoxy) is 1. The quantitative estimate of drug-likeness (QED) is 0.871. The summed E-state index contributed by atoms with van der Waals surface area (Å²) in [5.74, 6) is 2.28. The SMILES string of the molecule is COc1ccc(NC2CCC(C)CC2C)cn1. The van der Waals surface area contributed by atoms with Gasteiger partial charge >= 0.3 is 0 Å². The zero-order valence-electron chi connectivity index (χ0n) is 10.9. The fourth-order valence-electron chi connectivity index (χ4n) is 2.68. The van der Waals surface area contributed by atoms with Crippen LogP contribution in [0.25, 0.3) is 0 Å². The van der Waals surface area contributed by atoms with Gasteiger partial charge in [0.1, 0.15) is 0 Å². The predicted molar refractivity (Wildman–Crippen MR) is 70.4 cm³/mol. The lowest BCUT2D eigenvalue weighted by molar-refractivity contribution is 0.276. The summed E-state index contributed by atoms with van der Waals surface area (Å²) in [7, 11) is 1.64. The minimum Gasteiger partial charge on any atom is -0.481 e. The number of hydrogen-bond acceptors (Lipinski definition) is 3. The Kier molecular flexibility index (Phi) is 3.87. The van der Waals surface area contributed by atoms with E-state index in [1.165, 1.54) is 19.3 Å². The van der Waals surface area contributed by atoms with E-state index in [9.17, 15) is 0 Å². The first-order chi connectivity index (χ1) is 8.19. The molecule has 1 fully saturated rings. The van der Waals surface area contributed by atoms with Gasteiger partial charge in [-0.2, -0.15) is 0 Å². The Balaban J connectivity index is 1.95. The number of methoxy groups -OCH3 is 1. The van der Waals surface area contributed by atoms with Crippen molar-refractivity contribution in [2.75, 3.05) is 12.4 Å². The highest BCUT2D eigenvalue weighted by molar-refractivity contribution is 5.43. The molecule has 0 amide bonds. The lowest BCUT2D eigenvalue weighted by atomic mass is 9.80. The van der Waals surface area contributed by atoms with Crippen molar-refractivity contribution in [1.82, 2.24) is 4.98 Å². The Morgan fingerprint density at radius 1 is 1.29 bits per heavy atom. The highest BCUT2D eigenvalue weighted by Crippen LogP contribution is 2.30. The Morgan fingerprint density at radius 3 is 2.71 bits per heavy atom. The highest BCUT2D eigenvalue weighted by Gasteiger charge is 2.24. The summed E-state index contributed by atoms with van der Waals surface area (Å²) in [4.78, 5) is 4.22. The molecule has 3 atom stereocenters. The van der Waals surface area contributed by atoms with Crippen LogP contribution in [0.4, 0.5) is 5.69 Å². The first kappa shape index (κ1) is 12.2. The fourth-order valence-corrected chi connectivity index (χ4v) is 2.68. The van der Waals surface area contributed by atoms with E-state index in [1.807, 2.05) is 18.3 Å². The van der Waals surface area contributed by atoms with Gasteiger partial charge in [0.2, 0.25) is 5.88 Å². The molecule has 1 aliphatic carbocycles. The maximum Gasteiger partial charge on any atom is 0.213 e. The Bertz CT molecular complexity index is 350. The van der Waals surface area contributed by atoms with Crippen LogP contribution in [0.5, 0.6) is 5.88 Å². The van der Waals surface area contributed by atoms with Gasteiger partial charge in [-0.1, -0.05) is 13.8 Å². The van der Waals surface area contributed by atoms with E-state index in [-0.39, 0.29) is 0 Å². The van der Waals surface area contributed by atoms with Crippen LogP contribution in [-0.2, 0) is 0 Å². The van der Waals surface area contributed by atoms with Crippen molar-refractivity contribution in [2.24, 2.45) is 11.8 Å².